The Hall–Kier alpha value is -3.41. The molecule has 6 nitrogen and oxygen atoms in total. The molecule has 0 aromatic heterocycles. The molecule has 0 aliphatic carbocycles. The lowest BCUT2D eigenvalue weighted by atomic mass is 10.0. The number of non-ortho nitro benzene ring substituents is 1. The maximum Gasteiger partial charge on any atom is 0.270 e. The van der Waals surface area contributed by atoms with Gasteiger partial charge in [0.1, 0.15) is 0 Å². The first kappa shape index (κ1) is 18.9. The third kappa shape index (κ3) is 3.92. The molecule has 1 aliphatic rings. The molecule has 1 saturated heterocycles. The first-order valence-electron chi connectivity index (χ1n) is 9.86. The Morgan fingerprint density at radius 2 is 1.76 bits per heavy atom. The quantitative estimate of drug-likeness (QED) is 0.500. The number of hydrogen-bond acceptors (Lipinski definition) is 4. The van der Waals surface area contributed by atoms with Crippen LogP contribution >= 0.6 is 0 Å². The Kier molecular flexibility index (Phi) is 5.16. The average Bonchev–Trinajstić information content (AvgIpc) is 3.27. The van der Waals surface area contributed by atoms with Crippen molar-refractivity contribution in [2.24, 2.45) is 0 Å². The number of fused-ring (bicyclic) bond motifs is 1. The molecule has 6 heteroatoms. The first-order valence-corrected chi connectivity index (χ1v) is 9.86. The van der Waals surface area contributed by atoms with Crippen LogP contribution in [0.5, 0.6) is 0 Å². The number of hydrogen-bond donors (Lipinski definition) is 1. The van der Waals surface area contributed by atoms with Crippen LogP contribution in [0, 0.1) is 10.1 Å². The van der Waals surface area contributed by atoms with Crippen molar-refractivity contribution in [2.45, 2.75) is 25.8 Å². The molecule has 0 spiro atoms. The van der Waals surface area contributed by atoms with Crippen molar-refractivity contribution < 1.29 is 9.72 Å². The monoisotopic (exact) mass is 389 g/mol. The van der Waals surface area contributed by atoms with Gasteiger partial charge in [-0.2, -0.15) is 0 Å². The Morgan fingerprint density at radius 1 is 1.03 bits per heavy atom. The van der Waals surface area contributed by atoms with Gasteiger partial charge >= 0.3 is 0 Å². The molecule has 3 aromatic rings. The Morgan fingerprint density at radius 3 is 2.48 bits per heavy atom. The number of nitro benzene ring substituents is 1. The van der Waals surface area contributed by atoms with E-state index in [4.69, 9.17) is 0 Å². The zero-order valence-electron chi connectivity index (χ0n) is 16.3. The minimum absolute atomic E-state index is 0.0727. The first-order chi connectivity index (χ1) is 14.0. The summed E-state index contributed by atoms with van der Waals surface area (Å²) in [7, 11) is 0. The molecule has 1 amide bonds. The molecular weight excluding hydrogens is 366 g/mol. The van der Waals surface area contributed by atoms with E-state index in [0.717, 1.165) is 48.0 Å². The highest BCUT2D eigenvalue weighted by molar-refractivity contribution is 6.01. The molecule has 0 bridgehead atoms. The van der Waals surface area contributed by atoms with Gasteiger partial charge in [0.2, 0.25) is 0 Å². The SMILES string of the molecule is CC(NC(=O)c1cc([N+](=O)[O-])ccc1N1CCCC1)c1ccc2ccccc2c1. The summed E-state index contributed by atoms with van der Waals surface area (Å²) in [5.74, 6) is -0.295. The molecule has 3 aromatic carbocycles. The van der Waals surface area contributed by atoms with E-state index in [1.807, 2.05) is 43.3 Å². The number of nitrogens with one attached hydrogen (secondary N) is 1. The van der Waals surface area contributed by atoms with Gasteiger partial charge in [-0.05, 0) is 48.2 Å². The molecule has 4 rings (SSSR count). The highest BCUT2D eigenvalue weighted by Gasteiger charge is 2.23. The van der Waals surface area contributed by atoms with Gasteiger partial charge in [-0.25, -0.2) is 0 Å². The lowest BCUT2D eigenvalue weighted by Gasteiger charge is -2.22. The van der Waals surface area contributed by atoms with Crippen molar-refractivity contribution in [2.75, 3.05) is 18.0 Å². The highest BCUT2D eigenvalue weighted by Crippen LogP contribution is 2.29. The summed E-state index contributed by atoms with van der Waals surface area (Å²) in [6.45, 7) is 3.64. The second kappa shape index (κ2) is 7.91. The second-order valence-electron chi connectivity index (χ2n) is 7.45. The summed E-state index contributed by atoms with van der Waals surface area (Å²) >= 11 is 0. The average molecular weight is 389 g/mol. The van der Waals surface area contributed by atoms with Crippen molar-refractivity contribution in [1.29, 1.82) is 0 Å². The van der Waals surface area contributed by atoms with Crippen LogP contribution in [0.1, 0.15) is 41.7 Å². The summed E-state index contributed by atoms with van der Waals surface area (Å²) in [6.07, 6.45) is 2.12. The topological polar surface area (TPSA) is 75.5 Å². The third-order valence-corrected chi connectivity index (χ3v) is 5.50. The molecule has 0 radical (unpaired) electrons. The molecule has 1 aliphatic heterocycles. The van der Waals surface area contributed by atoms with Gasteiger partial charge in [-0.3, -0.25) is 14.9 Å². The van der Waals surface area contributed by atoms with E-state index >= 15 is 0 Å². The van der Waals surface area contributed by atoms with Crippen molar-refractivity contribution in [1.82, 2.24) is 5.32 Å². The molecule has 1 fully saturated rings. The van der Waals surface area contributed by atoms with E-state index in [-0.39, 0.29) is 17.6 Å². The predicted molar refractivity (Wildman–Crippen MR) is 114 cm³/mol. The van der Waals surface area contributed by atoms with Crippen molar-refractivity contribution in [3.05, 3.63) is 81.9 Å². The van der Waals surface area contributed by atoms with E-state index in [1.54, 1.807) is 6.07 Å². The van der Waals surface area contributed by atoms with Crippen LogP contribution in [0.15, 0.2) is 60.7 Å². The van der Waals surface area contributed by atoms with Gasteiger partial charge in [0.05, 0.1) is 22.2 Å². The smallest absolute Gasteiger partial charge is 0.270 e. The maximum atomic E-state index is 13.1. The molecule has 29 heavy (non-hydrogen) atoms. The lowest BCUT2D eigenvalue weighted by molar-refractivity contribution is -0.384. The molecule has 1 heterocycles. The van der Waals surface area contributed by atoms with Crippen LogP contribution in [0.2, 0.25) is 0 Å². The van der Waals surface area contributed by atoms with Crippen LogP contribution in [-0.2, 0) is 0 Å². The standard InChI is InChI=1S/C23H23N3O3/c1-16(18-9-8-17-6-2-3-7-19(17)14-18)24-23(27)21-15-20(26(28)29)10-11-22(21)25-12-4-5-13-25/h2-3,6-11,14-16H,4-5,12-13H2,1H3,(H,24,27). The van der Waals surface area contributed by atoms with Crippen molar-refractivity contribution in [3.63, 3.8) is 0 Å². The minimum atomic E-state index is -0.461. The summed E-state index contributed by atoms with van der Waals surface area (Å²) < 4.78 is 0. The van der Waals surface area contributed by atoms with E-state index in [2.05, 4.69) is 16.3 Å². The second-order valence-corrected chi connectivity index (χ2v) is 7.45. The Balaban J connectivity index is 1.62. The summed E-state index contributed by atoms with van der Waals surface area (Å²) in [5.41, 5.74) is 2.03. The largest absolute Gasteiger partial charge is 0.371 e. The number of anilines is 1. The predicted octanol–water partition coefficient (Wildman–Crippen LogP) is 4.84. The number of nitro groups is 1. The van der Waals surface area contributed by atoms with Crippen LogP contribution in [0.25, 0.3) is 10.8 Å². The summed E-state index contributed by atoms with van der Waals surface area (Å²) in [5, 5.41) is 16.5. The summed E-state index contributed by atoms with van der Waals surface area (Å²) in [4.78, 5) is 26.0. The number of nitrogens with zero attached hydrogens (tertiary/aromatic N) is 2. The number of amides is 1. The molecule has 1 atom stereocenters. The van der Waals surface area contributed by atoms with Gasteiger partial charge in [0, 0.05) is 25.2 Å². The normalized spacial score (nSPS) is 14.7. The number of carbonyl (C=O) groups is 1. The zero-order chi connectivity index (χ0) is 20.4. The summed E-state index contributed by atoms with van der Waals surface area (Å²) in [6, 6.07) is 18.5. The van der Waals surface area contributed by atoms with Gasteiger partial charge < -0.3 is 10.2 Å². The fourth-order valence-corrected chi connectivity index (χ4v) is 3.89. The minimum Gasteiger partial charge on any atom is -0.371 e. The van der Waals surface area contributed by atoms with Crippen molar-refractivity contribution >= 4 is 28.1 Å². The fourth-order valence-electron chi connectivity index (χ4n) is 3.89. The number of carbonyl (C=O) groups excluding carboxylic acids is 1. The Labute approximate surface area is 169 Å². The van der Waals surface area contributed by atoms with Crippen LogP contribution < -0.4 is 10.2 Å². The molecule has 1 N–H and O–H groups in total. The van der Waals surface area contributed by atoms with E-state index in [0.29, 0.717) is 5.56 Å². The van der Waals surface area contributed by atoms with E-state index < -0.39 is 4.92 Å². The lowest BCUT2D eigenvalue weighted by Crippen LogP contribution is -2.29. The van der Waals surface area contributed by atoms with Crippen LogP contribution in [0.3, 0.4) is 0 Å². The van der Waals surface area contributed by atoms with E-state index in [1.165, 1.54) is 12.1 Å². The van der Waals surface area contributed by atoms with Gasteiger partial charge in [0.25, 0.3) is 11.6 Å². The molecule has 148 valence electrons. The molecular formula is C23H23N3O3. The maximum absolute atomic E-state index is 13.1. The Bertz CT molecular complexity index is 1070. The van der Waals surface area contributed by atoms with E-state index in [9.17, 15) is 14.9 Å². The third-order valence-electron chi connectivity index (χ3n) is 5.50. The molecule has 0 saturated carbocycles. The van der Waals surface area contributed by atoms with Crippen LogP contribution in [0.4, 0.5) is 11.4 Å². The van der Waals surface area contributed by atoms with Crippen LogP contribution in [-0.4, -0.2) is 23.9 Å². The van der Waals surface area contributed by atoms with Gasteiger partial charge in [0.15, 0.2) is 0 Å². The van der Waals surface area contributed by atoms with Gasteiger partial charge in [-0.1, -0.05) is 36.4 Å². The fraction of sp³-hybridized carbons (Fsp3) is 0.261. The zero-order valence-corrected chi connectivity index (χ0v) is 16.3. The highest BCUT2D eigenvalue weighted by atomic mass is 16.6. The number of benzene rings is 3. The van der Waals surface area contributed by atoms with Crippen molar-refractivity contribution in [3.8, 4) is 0 Å². The molecule has 1 unspecified atom stereocenters. The van der Waals surface area contributed by atoms with Gasteiger partial charge in [-0.15, -0.1) is 0 Å². The number of rotatable bonds is 5.